The van der Waals surface area contributed by atoms with Crippen LogP contribution in [0.25, 0.3) is 0 Å². The molecule has 0 spiro atoms. The Kier molecular flexibility index (Phi) is 8.32. The minimum Gasteiger partial charge on any atom is -0.453 e. The molecule has 2 aromatic carbocycles. The number of amides is 2. The Morgan fingerprint density at radius 2 is 1.90 bits per heavy atom. The van der Waals surface area contributed by atoms with Gasteiger partial charge in [0.05, 0.1) is 13.7 Å². The summed E-state index contributed by atoms with van der Waals surface area (Å²) in [5.41, 5.74) is 8.95. The number of methoxy groups -OCH3 is 1. The number of hydrogen-bond donors (Lipinski definition) is 2. The third-order valence-electron chi connectivity index (χ3n) is 5.63. The van der Waals surface area contributed by atoms with Crippen molar-refractivity contribution >= 4 is 23.6 Å². The van der Waals surface area contributed by atoms with E-state index in [1.54, 1.807) is 12.1 Å². The highest BCUT2D eigenvalue weighted by molar-refractivity contribution is 6.30. The van der Waals surface area contributed by atoms with Gasteiger partial charge in [0.1, 0.15) is 6.10 Å². The topological polar surface area (TPSA) is 90.7 Å². The molecule has 2 amide bonds. The van der Waals surface area contributed by atoms with E-state index in [1.165, 1.54) is 26.4 Å². The number of carbonyl (C=O) groups excluding carboxylic acids is 2. The van der Waals surface area contributed by atoms with Crippen LogP contribution in [0.2, 0.25) is 5.02 Å². The Balaban J connectivity index is 1.93. The molecule has 1 unspecified atom stereocenters. The molecule has 2 aromatic rings. The molecule has 0 saturated heterocycles. The monoisotopic (exact) mass is 444 g/mol. The van der Waals surface area contributed by atoms with Crippen molar-refractivity contribution in [2.45, 2.75) is 44.1 Å². The highest BCUT2D eigenvalue weighted by Crippen LogP contribution is 2.36. The number of hydrogen-bond acceptors (Lipinski definition) is 4. The van der Waals surface area contributed by atoms with Crippen molar-refractivity contribution in [3.05, 3.63) is 69.7 Å². The van der Waals surface area contributed by atoms with Crippen LogP contribution in [0, 0.1) is 0 Å². The van der Waals surface area contributed by atoms with Gasteiger partial charge >= 0.3 is 6.09 Å². The number of alkyl carbamates (subject to hydrolysis) is 1. The first-order chi connectivity index (χ1) is 15.0. The predicted octanol–water partition coefficient (Wildman–Crippen LogP) is 4.95. The number of carbonyl (C=O) groups is 2. The van der Waals surface area contributed by atoms with Crippen LogP contribution in [0.4, 0.5) is 4.79 Å². The van der Waals surface area contributed by atoms with Crippen molar-refractivity contribution in [2.75, 3.05) is 20.3 Å². The van der Waals surface area contributed by atoms with E-state index in [1.807, 2.05) is 24.3 Å². The largest absolute Gasteiger partial charge is 0.453 e. The van der Waals surface area contributed by atoms with Crippen LogP contribution in [0.3, 0.4) is 0 Å². The molecule has 0 aliphatic heterocycles. The minimum atomic E-state index is -0.516. The molecule has 1 aliphatic rings. The summed E-state index contributed by atoms with van der Waals surface area (Å²) in [4.78, 5) is 23.4. The molecular formula is C24H29ClN2O4. The second-order valence-electron chi connectivity index (χ2n) is 7.81. The van der Waals surface area contributed by atoms with Crippen LogP contribution in [-0.2, 0) is 9.47 Å². The van der Waals surface area contributed by atoms with Crippen LogP contribution < -0.4 is 11.1 Å². The van der Waals surface area contributed by atoms with Gasteiger partial charge in [0.25, 0.3) is 0 Å². The lowest BCUT2D eigenvalue weighted by atomic mass is 9.82. The van der Waals surface area contributed by atoms with E-state index in [9.17, 15) is 9.59 Å². The Hall–Kier alpha value is -2.57. The average Bonchev–Trinajstić information content (AvgIpc) is 2.79. The molecule has 1 atom stereocenters. The van der Waals surface area contributed by atoms with Gasteiger partial charge in [0.15, 0.2) is 0 Å². The Bertz CT molecular complexity index is 912. The van der Waals surface area contributed by atoms with Gasteiger partial charge in [0.2, 0.25) is 5.91 Å². The number of benzene rings is 2. The molecule has 1 saturated carbocycles. The maximum absolute atomic E-state index is 12.1. The van der Waals surface area contributed by atoms with Gasteiger partial charge in [-0.2, -0.15) is 0 Å². The molecule has 1 fully saturated rings. The van der Waals surface area contributed by atoms with Crippen LogP contribution in [0.1, 0.15) is 71.2 Å². The highest BCUT2D eigenvalue weighted by atomic mass is 35.5. The lowest BCUT2D eigenvalue weighted by molar-refractivity contribution is 0.0804. The third-order valence-corrected chi connectivity index (χ3v) is 5.87. The van der Waals surface area contributed by atoms with E-state index >= 15 is 0 Å². The second-order valence-corrected chi connectivity index (χ2v) is 8.25. The number of ether oxygens (including phenoxy) is 2. The fourth-order valence-electron chi connectivity index (χ4n) is 4.10. The lowest BCUT2D eigenvalue weighted by Gasteiger charge is -2.25. The van der Waals surface area contributed by atoms with E-state index in [0.717, 1.165) is 29.5 Å². The van der Waals surface area contributed by atoms with Crippen molar-refractivity contribution in [1.82, 2.24) is 5.32 Å². The number of nitrogens with one attached hydrogen (secondary N) is 1. The van der Waals surface area contributed by atoms with E-state index in [2.05, 4.69) is 16.1 Å². The quantitative estimate of drug-likeness (QED) is 0.563. The molecule has 0 heterocycles. The summed E-state index contributed by atoms with van der Waals surface area (Å²) in [5, 5.41) is 3.20. The number of rotatable bonds is 8. The second kappa shape index (κ2) is 11.2. The maximum atomic E-state index is 12.1. The summed E-state index contributed by atoms with van der Waals surface area (Å²) < 4.78 is 10.8. The van der Waals surface area contributed by atoms with E-state index in [4.69, 9.17) is 22.1 Å². The smallest absolute Gasteiger partial charge is 0.406 e. The van der Waals surface area contributed by atoms with E-state index in [0.29, 0.717) is 16.5 Å². The maximum Gasteiger partial charge on any atom is 0.406 e. The number of primary amides is 1. The summed E-state index contributed by atoms with van der Waals surface area (Å²) in [7, 11) is 1.31. The molecule has 0 bridgehead atoms. The van der Waals surface area contributed by atoms with Gasteiger partial charge in [0, 0.05) is 17.1 Å². The fourth-order valence-corrected chi connectivity index (χ4v) is 4.30. The number of nitrogens with two attached hydrogens (primary N) is 1. The van der Waals surface area contributed by atoms with Crippen molar-refractivity contribution in [2.24, 2.45) is 5.73 Å². The first-order valence-corrected chi connectivity index (χ1v) is 11.0. The van der Waals surface area contributed by atoms with Crippen molar-refractivity contribution in [3.8, 4) is 0 Å². The van der Waals surface area contributed by atoms with Crippen LogP contribution in [-0.4, -0.2) is 32.3 Å². The summed E-state index contributed by atoms with van der Waals surface area (Å²) in [5.74, 6) is -0.0519. The van der Waals surface area contributed by atoms with E-state index in [-0.39, 0.29) is 13.2 Å². The van der Waals surface area contributed by atoms with Gasteiger partial charge < -0.3 is 20.5 Å². The predicted molar refractivity (Wildman–Crippen MR) is 120 cm³/mol. The SMILES string of the molecule is COC(=O)NCCOC(c1cccc(Cl)c1)c1cc(C(N)=O)cc(C2CCCCC2)c1. The van der Waals surface area contributed by atoms with Crippen molar-refractivity contribution in [3.63, 3.8) is 0 Å². The zero-order valence-corrected chi connectivity index (χ0v) is 18.5. The molecule has 3 rings (SSSR count). The third kappa shape index (κ3) is 6.45. The zero-order chi connectivity index (χ0) is 22.2. The zero-order valence-electron chi connectivity index (χ0n) is 17.7. The number of halogens is 1. The van der Waals surface area contributed by atoms with Gasteiger partial charge in [-0.15, -0.1) is 0 Å². The summed E-state index contributed by atoms with van der Waals surface area (Å²) in [6.07, 6.45) is 4.86. The highest BCUT2D eigenvalue weighted by Gasteiger charge is 2.22. The molecule has 0 aromatic heterocycles. The standard InChI is InChI=1S/C24H29ClN2O4/c1-30-24(29)27-10-11-31-22(17-8-5-9-21(25)15-17)19-12-18(13-20(14-19)23(26)28)16-6-3-2-4-7-16/h5,8-9,12-16,22H,2-4,6-7,10-11H2,1H3,(H2,26,28)(H,27,29). The van der Waals surface area contributed by atoms with Crippen LogP contribution >= 0.6 is 11.6 Å². The van der Waals surface area contributed by atoms with E-state index < -0.39 is 18.1 Å². The van der Waals surface area contributed by atoms with Gasteiger partial charge in [-0.1, -0.05) is 49.1 Å². The van der Waals surface area contributed by atoms with Gasteiger partial charge in [-0.05, 0) is 59.7 Å². The van der Waals surface area contributed by atoms with Crippen molar-refractivity contribution < 1.29 is 19.1 Å². The molecule has 0 radical (unpaired) electrons. The summed E-state index contributed by atoms with van der Waals surface area (Å²) >= 11 is 6.23. The molecule has 166 valence electrons. The molecule has 7 heteroatoms. The fraction of sp³-hybridized carbons (Fsp3) is 0.417. The Morgan fingerprint density at radius 1 is 1.13 bits per heavy atom. The van der Waals surface area contributed by atoms with Crippen LogP contribution in [0.5, 0.6) is 0 Å². The van der Waals surface area contributed by atoms with Crippen molar-refractivity contribution in [1.29, 1.82) is 0 Å². The molecule has 31 heavy (non-hydrogen) atoms. The minimum absolute atomic E-state index is 0.256. The first-order valence-electron chi connectivity index (χ1n) is 10.6. The van der Waals surface area contributed by atoms with Gasteiger partial charge in [-0.3, -0.25) is 4.79 Å². The summed E-state index contributed by atoms with van der Waals surface area (Å²) in [6.45, 7) is 0.542. The van der Waals surface area contributed by atoms with Crippen LogP contribution in [0.15, 0.2) is 42.5 Å². The lowest BCUT2D eigenvalue weighted by Crippen LogP contribution is -2.27. The molecular weight excluding hydrogens is 416 g/mol. The Morgan fingerprint density at radius 3 is 2.58 bits per heavy atom. The Labute approximate surface area is 188 Å². The molecule has 3 N–H and O–H groups in total. The molecule has 6 nitrogen and oxygen atoms in total. The normalized spacial score (nSPS) is 15.3. The average molecular weight is 445 g/mol. The molecule has 1 aliphatic carbocycles. The summed E-state index contributed by atoms with van der Waals surface area (Å²) in [6, 6.07) is 13.2. The van der Waals surface area contributed by atoms with Gasteiger partial charge in [-0.25, -0.2) is 4.79 Å². The first kappa shape index (κ1) is 23.1.